The van der Waals surface area contributed by atoms with Crippen LogP contribution in [-0.4, -0.2) is 9.96 Å². The zero-order valence-electron chi connectivity index (χ0n) is 9.82. The zero-order chi connectivity index (χ0) is 12.3. The quantitative estimate of drug-likeness (QED) is 0.854. The Morgan fingerprint density at radius 1 is 1.35 bits per heavy atom. The molecule has 1 aromatic carbocycles. The van der Waals surface area contributed by atoms with Crippen LogP contribution in [-0.2, 0) is 16.6 Å². The number of rotatable bonds is 4. The van der Waals surface area contributed by atoms with Crippen LogP contribution in [0.15, 0.2) is 18.2 Å². The molecular weight excluding hydrogens is 254 g/mol. The number of benzene rings is 1. The van der Waals surface area contributed by atoms with Gasteiger partial charge in [-0.05, 0) is 30.9 Å². The van der Waals surface area contributed by atoms with Crippen molar-refractivity contribution >= 4 is 28.1 Å². The second-order valence-electron chi connectivity index (χ2n) is 4.71. The van der Waals surface area contributed by atoms with Crippen molar-refractivity contribution in [2.24, 2.45) is 5.92 Å². The first-order chi connectivity index (χ1) is 8.16. The molecule has 2 N–H and O–H groups in total. The van der Waals surface area contributed by atoms with Crippen molar-refractivity contribution in [1.82, 2.24) is 0 Å². The van der Waals surface area contributed by atoms with Crippen molar-refractivity contribution in [3.05, 3.63) is 28.8 Å². The lowest BCUT2D eigenvalue weighted by molar-refractivity contribution is 0.604. The molecule has 0 aromatic heterocycles. The molecule has 0 bridgehead atoms. The summed E-state index contributed by atoms with van der Waals surface area (Å²) in [5.41, 5.74) is 7.35. The highest BCUT2D eigenvalue weighted by molar-refractivity contribution is 7.84. The summed E-state index contributed by atoms with van der Waals surface area (Å²) in [6.07, 6.45) is 5.03. The Bertz CT molecular complexity index is 396. The van der Waals surface area contributed by atoms with Gasteiger partial charge in [0.05, 0.1) is 5.75 Å². The number of anilines is 1. The van der Waals surface area contributed by atoms with Crippen LogP contribution in [0.5, 0.6) is 0 Å². The Morgan fingerprint density at radius 3 is 2.71 bits per heavy atom. The van der Waals surface area contributed by atoms with Crippen LogP contribution >= 0.6 is 11.6 Å². The van der Waals surface area contributed by atoms with Gasteiger partial charge in [-0.1, -0.05) is 30.5 Å². The SMILES string of the molecule is Nc1cccc(Cl)c1CS(=O)CC1CCCC1. The molecular formula is C13H18ClNOS. The van der Waals surface area contributed by atoms with Crippen LogP contribution in [0.1, 0.15) is 31.2 Å². The molecule has 2 rings (SSSR count). The predicted molar refractivity (Wildman–Crippen MR) is 74.5 cm³/mol. The summed E-state index contributed by atoms with van der Waals surface area (Å²) in [5.74, 6) is 1.92. The minimum Gasteiger partial charge on any atom is -0.398 e. The van der Waals surface area contributed by atoms with Gasteiger partial charge in [-0.15, -0.1) is 0 Å². The molecule has 0 radical (unpaired) electrons. The van der Waals surface area contributed by atoms with Crippen LogP contribution < -0.4 is 5.73 Å². The van der Waals surface area contributed by atoms with Gasteiger partial charge in [0.2, 0.25) is 0 Å². The molecule has 1 fully saturated rings. The molecule has 0 amide bonds. The van der Waals surface area contributed by atoms with E-state index in [2.05, 4.69) is 0 Å². The summed E-state index contributed by atoms with van der Waals surface area (Å²) < 4.78 is 12.1. The van der Waals surface area contributed by atoms with Crippen molar-refractivity contribution in [3.8, 4) is 0 Å². The van der Waals surface area contributed by atoms with E-state index in [4.69, 9.17) is 17.3 Å². The van der Waals surface area contributed by atoms with Crippen molar-refractivity contribution in [2.45, 2.75) is 31.4 Å². The zero-order valence-corrected chi connectivity index (χ0v) is 11.4. The number of nitrogen functional groups attached to an aromatic ring is 1. The molecule has 2 nitrogen and oxygen atoms in total. The second kappa shape index (κ2) is 5.87. The largest absolute Gasteiger partial charge is 0.398 e. The van der Waals surface area contributed by atoms with Crippen LogP contribution in [0.3, 0.4) is 0 Å². The van der Waals surface area contributed by atoms with Gasteiger partial charge in [-0.25, -0.2) is 0 Å². The highest BCUT2D eigenvalue weighted by Crippen LogP contribution is 2.28. The molecule has 0 saturated heterocycles. The lowest BCUT2D eigenvalue weighted by atomic mass is 10.1. The molecule has 0 spiro atoms. The number of halogens is 1. The molecule has 1 unspecified atom stereocenters. The van der Waals surface area contributed by atoms with Gasteiger partial charge in [0, 0.05) is 32.8 Å². The topological polar surface area (TPSA) is 43.1 Å². The number of hydrogen-bond donors (Lipinski definition) is 1. The summed E-state index contributed by atoms with van der Waals surface area (Å²) in [6, 6.07) is 5.44. The maximum Gasteiger partial charge on any atom is 0.0520 e. The van der Waals surface area contributed by atoms with Crippen molar-refractivity contribution in [3.63, 3.8) is 0 Å². The average molecular weight is 272 g/mol. The van der Waals surface area contributed by atoms with Gasteiger partial charge in [0.25, 0.3) is 0 Å². The lowest BCUT2D eigenvalue weighted by Gasteiger charge is -2.11. The van der Waals surface area contributed by atoms with E-state index in [1.54, 1.807) is 6.07 Å². The Hall–Kier alpha value is -0.540. The summed E-state index contributed by atoms with van der Waals surface area (Å²) in [7, 11) is -0.846. The van der Waals surface area contributed by atoms with E-state index in [1.165, 1.54) is 25.7 Å². The third-order valence-corrected chi connectivity index (χ3v) is 5.16. The van der Waals surface area contributed by atoms with Gasteiger partial charge in [-0.3, -0.25) is 4.21 Å². The molecule has 1 aliphatic rings. The van der Waals surface area contributed by atoms with E-state index in [-0.39, 0.29) is 0 Å². The average Bonchev–Trinajstić information content (AvgIpc) is 2.76. The molecule has 0 heterocycles. The molecule has 0 aliphatic heterocycles. The minimum atomic E-state index is -0.846. The smallest absolute Gasteiger partial charge is 0.0520 e. The highest BCUT2D eigenvalue weighted by Gasteiger charge is 2.18. The van der Waals surface area contributed by atoms with Crippen LogP contribution in [0.25, 0.3) is 0 Å². The van der Waals surface area contributed by atoms with Crippen LogP contribution in [0.4, 0.5) is 5.69 Å². The summed E-state index contributed by atoms with van der Waals surface area (Å²) in [6.45, 7) is 0. The van der Waals surface area contributed by atoms with E-state index in [9.17, 15) is 4.21 Å². The van der Waals surface area contributed by atoms with Crippen molar-refractivity contribution < 1.29 is 4.21 Å². The second-order valence-corrected chi connectivity index (χ2v) is 6.62. The third-order valence-electron chi connectivity index (χ3n) is 3.36. The van der Waals surface area contributed by atoms with Gasteiger partial charge in [-0.2, -0.15) is 0 Å². The fraction of sp³-hybridized carbons (Fsp3) is 0.538. The maximum atomic E-state index is 12.1. The summed E-state index contributed by atoms with van der Waals surface area (Å²) in [5, 5.41) is 0.629. The van der Waals surface area contributed by atoms with Gasteiger partial charge < -0.3 is 5.73 Å². The van der Waals surface area contributed by atoms with E-state index >= 15 is 0 Å². The maximum absolute atomic E-state index is 12.1. The Morgan fingerprint density at radius 2 is 2.06 bits per heavy atom. The third kappa shape index (κ3) is 3.46. The normalized spacial score (nSPS) is 18.4. The first kappa shape index (κ1) is 12.9. The Labute approximate surface area is 110 Å². The summed E-state index contributed by atoms with van der Waals surface area (Å²) >= 11 is 6.08. The molecule has 4 heteroatoms. The predicted octanol–water partition coefficient (Wildman–Crippen LogP) is 3.36. The lowest BCUT2D eigenvalue weighted by Crippen LogP contribution is -2.10. The van der Waals surface area contributed by atoms with Gasteiger partial charge in [0.15, 0.2) is 0 Å². The summed E-state index contributed by atoms with van der Waals surface area (Å²) in [4.78, 5) is 0. The van der Waals surface area contributed by atoms with Gasteiger partial charge in [0.1, 0.15) is 0 Å². The first-order valence-corrected chi connectivity index (χ1v) is 7.91. The Balaban J connectivity index is 1.97. The Kier molecular flexibility index (Phi) is 4.46. The fourth-order valence-corrected chi connectivity index (χ4v) is 4.34. The van der Waals surface area contributed by atoms with E-state index in [1.807, 2.05) is 12.1 Å². The number of nitrogens with two attached hydrogens (primary N) is 1. The monoisotopic (exact) mass is 271 g/mol. The first-order valence-electron chi connectivity index (χ1n) is 6.04. The fourth-order valence-electron chi connectivity index (χ4n) is 2.39. The standard InChI is InChI=1S/C13H18ClNOS/c14-12-6-3-7-13(15)11(12)9-17(16)8-10-4-1-2-5-10/h3,6-7,10H,1-2,4-5,8-9,15H2. The molecule has 17 heavy (non-hydrogen) atoms. The highest BCUT2D eigenvalue weighted by atomic mass is 35.5. The molecule has 1 atom stereocenters. The van der Waals surface area contributed by atoms with Crippen LogP contribution in [0.2, 0.25) is 5.02 Å². The van der Waals surface area contributed by atoms with Crippen molar-refractivity contribution in [2.75, 3.05) is 11.5 Å². The number of hydrogen-bond acceptors (Lipinski definition) is 2. The molecule has 1 saturated carbocycles. The van der Waals surface area contributed by atoms with Crippen molar-refractivity contribution in [1.29, 1.82) is 0 Å². The van der Waals surface area contributed by atoms with E-state index in [0.717, 1.165) is 11.3 Å². The molecule has 94 valence electrons. The van der Waals surface area contributed by atoms with Crippen LogP contribution in [0, 0.1) is 5.92 Å². The molecule has 1 aromatic rings. The van der Waals surface area contributed by atoms with E-state index in [0.29, 0.717) is 22.4 Å². The minimum absolute atomic E-state index is 0.488. The molecule has 1 aliphatic carbocycles. The van der Waals surface area contributed by atoms with E-state index < -0.39 is 10.8 Å². The van der Waals surface area contributed by atoms with Gasteiger partial charge >= 0.3 is 0 Å².